The lowest BCUT2D eigenvalue weighted by Crippen LogP contribution is -2.14. The van der Waals surface area contributed by atoms with Crippen LogP contribution in [0.5, 0.6) is 0 Å². The van der Waals surface area contributed by atoms with Gasteiger partial charge < -0.3 is 10.2 Å². The van der Waals surface area contributed by atoms with Crippen LogP contribution in [0.2, 0.25) is 10.0 Å². The van der Waals surface area contributed by atoms with Crippen LogP contribution in [0.3, 0.4) is 0 Å². The minimum atomic E-state index is -0.810. The van der Waals surface area contributed by atoms with Crippen LogP contribution >= 0.6 is 23.2 Å². The van der Waals surface area contributed by atoms with Crippen molar-refractivity contribution in [2.45, 2.75) is 38.4 Å². The van der Waals surface area contributed by atoms with E-state index in [9.17, 15) is 10.2 Å². The van der Waals surface area contributed by atoms with Gasteiger partial charge in [0, 0.05) is 10.0 Å². The van der Waals surface area contributed by atoms with Crippen molar-refractivity contribution < 1.29 is 10.2 Å². The summed E-state index contributed by atoms with van der Waals surface area (Å²) >= 11 is 11.9. The zero-order valence-corrected chi connectivity index (χ0v) is 17.7. The first kappa shape index (κ1) is 20.9. The summed E-state index contributed by atoms with van der Waals surface area (Å²) in [6.07, 6.45) is -1.62. The monoisotopic (exact) mass is 414 g/mol. The Hall–Kier alpha value is -1.84. The maximum atomic E-state index is 10.9. The fourth-order valence-electron chi connectivity index (χ4n) is 3.10. The second-order valence-electron chi connectivity index (χ2n) is 8.05. The molecule has 3 rings (SSSR count). The van der Waals surface area contributed by atoms with Crippen molar-refractivity contribution in [2.75, 3.05) is 0 Å². The van der Waals surface area contributed by atoms with E-state index in [4.69, 9.17) is 23.2 Å². The van der Waals surface area contributed by atoms with Gasteiger partial charge >= 0.3 is 0 Å². The highest BCUT2D eigenvalue weighted by Crippen LogP contribution is 2.33. The minimum absolute atomic E-state index is 0.135. The molecule has 4 heteroatoms. The van der Waals surface area contributed by atoms with Gasteiger partial charge in [-0.15, -0.1) is 0 Å². The van der Waals surface area contributed by atoms with Gasteiger partial charge in [-0.2, -0.15) is 0 Å². The zero-order chi connectivity index (χ0) is 20.5. The maximum Gasteiger partial charge on any atom is 0.104 e. The molecule has 28 heavy (non-hydrogen) atoms. The molecule has 0 aliphatic heterocycles. The van der Waals surface area contributed by atoms with Gasteiger partial charge in [0.2, 0.25) is 0 Å². The predicted molar refractivity (Wildman–Crippen MR) is 116 cm³/mol. The largest absolute Gasteiger partial charge is 0.384 e. The van der Waals surface area contributed by atoms with Crippen LogP contribution in [0.25, 0.3) is 0 Å². The molecule has 2 nitrogen and oxygen atoms in total. The Morgan fingerprint density at radius 2 is 0.964 bits per heavy atom. The zero-order valence-electron chi connectivity index (χ0n) is 16.2. The predicted octanol–water partition coefficient (Wildman–Crippen LogP) is 6.45. The lowest BCUT2D eigenvalue weighted by Gasteiger charge is -2.24. The van der Waals surface area contributed by atoms with E-state index in [1.807, 2.05) is 42.5 Å². The van der Waals surface area contributed by atoms with Crippen molar-refractivity contribution in [1.29, 1.82) is 0 Å². The van der Waals surface area contributed by atoms with Crippen LogP contribution in [0.1, 0.15) is 60.8 Å². The molecule has 0 saturated heterocycles. The number of benzene rings is 3. The SMILES string of the molecule is CC(C)(C)c1cc(C(O)c2ccc(Cl)cc2)cc(C(O)c2ccc(Cl)cc2)c1. The van der Waals surface area contributed by atoms with Gasteiger partial charge in [0.25, 0.3) is 0 Å². The standard InChI is InChI=1S/C24H24Cl2O2/c1-24(2,3)19-13-17(22(27)15-4-8-20(25)9-5-15)12-18(14-19)23(28)16-6-10-21(26)11-7-16/h4-14,22-23,27-28H,1-3H3. The summed E-state index contributed by atoms with van der Waals surface area (Å²) in [5, 5.41) is 23.1. The molecule has 0 aliphatic carbocycles. The maximum absolute atomic E-state index is 10.9. The molecule has 2 N–H and O–H groups in total. The van der Waals surface area contributed by atoms with E-state index >= 15 is 0 Å². The molecule has 0 fully saturated rings. The average molecular weight is 415 g/mol. The van der Waals surface area contributed by atoms with E-state index in [1.165, 1.54) is 0 Å². The molecule has 0 bridgehead atoms. The normalized spacial score (nSPS) is 14.0. The summed E-state index contributed by atoms with van der Waals surface area (Å²) < 4.78 is 0. The lowest BCUT2D eigenvalue weighted by molar-refractivity contribution is 0.213. The third-order valence-electron chi connectivity index (χ3n) is 4.85. The van der Waals surface area contributed by atoms with E-state index in [-0.39, 0.29) is 5.41 Å². The lowest BCUT2D eigenvalue weighted by atomic mass is 9.82. The molecule has 0 saturated carbocycles. The Labute approximate surface area is 176 Å². The number of hydrogen-bond acceptors (Lipinski definition) is 2. The Morgan fingerprint density at radius 1 is 0.607 bits per heavy atom. The molecular weight excluding hydrogens is 391 g/mol. The van der Waals surface area contributed by atoms with Gasteiger partial charge in [-0.25, -0.2) is 0 Å². The van der Waals surface area contributed by atoms with Crippen molar-refractivity contribution in [1.82, 2.24) is 0 Å². The molecule has 0 amide bonds. The van der Waals surface area contributed by atoms with Crippen LogP contribution < -0.4 is 0 Å². The van der Waals surface area contributed by atoms with Gasteiger partial charge in [0.15, 0.2) is 0 Å². The summed E-state index contributed by atoms with van der Waals surface area (Å²) in [7, 11) is 0. The fraction of sp³-hybridized carbons (Fsp3) is 0.250. The summed E-state index contributed by atoms with van der Waals surface area (Å²) in [4.78, 5) is 0. The first-order valence-electron chi connectivity index (χ1n) is 9.17. The third kappa shape index (κ3) is 4.76. The van der Waals surface area contributed by atoms with E-state index in [2.05, 4.69) is 20.8 Å². The summed E-state index contributed by atoms with van der Waals surface area (Å²) in [6.45, 7) is 6.33. The topological polar surface area (TPSA) is 40.5 Å². The van der Waals surface area contributed by atoms with Gasteiger partial charge in [-0.1, -0.05) is 80.4 Å². The van der Waals surface area contributed by atoms with E-state index in [1.54, 1.807) is 24.3 Å². The minimum Gasteiger partial charge on any atom is -0.384 e. The molecule has 0 spiro atoms. The van der Waals surface area contributed by atoms with Crippen LogP contribution in [-0.2, 0) is 5.41 Å². The number of halogens is 2. The molecule has 0 aromatic heterocycles. The van der Waals surface area contributed by atoms with Crippen LogP contribution in [-0.4, -0.2) is 10.2 Å². The highest BCUT2D eigenvalue weighted by molar-refractivity contribution is 6.30. The van der Waals surface area contributed by atoms with Crippen molar-refractivity contribution in [2.24, 2.45) is 0 Å². The second-order valence-corrected chi connectivity index (χ2v) is 8.92. The number of hydrogen-bond donors (Lipinski definition) is 2. The molecule has 0 heterocycles. The Bertz CT molecular complexity index is 872. The molecular formula is C24H24Cl2O2. The molecule has 3 aromatic carbocycles. The van der Waals surface area contributed by atoms with Crippen molar-refractivity contribution in [3.8, 4) is 0 Å². The smallest absolute Gasteiger partial charge is 0.104 e. The number of aliphatic hydroxyl groups is 2. The summed E-state index contributed by atoms with van der Waals surface area (Å²) in [6, 6.07) is 20.1. The van der Waals surface area contributed by atoms with Gasteiger partial charge in [0.1, 0.15) is 12.2 Å². The Kier molecular flexibility index (Phi) is 6.16. The number of aliphatic hydroxyl groups excluding tert-OH is 2. The first-order chi connectivity index (χ1) is 13.1. The molecule has 0 radical (unpaired) electrons. The van der Waals surface area contributed by atoms with E-state index in [0.29, 0.717) is 10.0 Å². The van der Waals surface area contributed by atoms with E-state index < -0.39 is 12.2 Å². The Morgan fingerprint density at radius 3 is 1.29 bits per heavy atom. The highest BCUT2D eigenvalue weighted by Gasteiger charge is 2.21. The first-order valence-corrected chi connectivity index (χ1v) is 9.93. The van der Waals surface area contributed by atoms with Crippen LogP contribution in [0, 0.1) is 0 Å². The molecule has 2 atom stereocenters. The average Bonchev–Trinajstić information content (AvgIpc) is 2.67. The van der Waals surface area contributed by atoms with Crippen molar-refractivity contribution in [3.63, 3.8) is 0 Å². The molecule has 3 aromatic rings. The van der Waals surface area contributed by atoms with Gasteiger partial charge in [-0.3, -0.25) is 0 Å². The Balaban J connectivity index is 2.06. The van der Waals surface area contributed by atoms with Gasteiger partial charge in [0.05, 0.1) is 0 Å². The molecule has 2 unspecified atom stereocenters. The fourth-order valence-corrected chi connectivity index (χ4v) is 3.35. The molecule has 146 valence electrons. The second kappa shape index (κ2) is 8.26. The summed E-state index contributed by atoms with van der Waals surface area (Å²) in [5.74, 6) is 0. The molecule has 0 aliphatic rings. The van der Waals surface area contributed by atoms with Crippen LogP contribution in [0.15, 0.2) is 66.7 Å². The number of rotatable bonds is 4. The highest BCUT2D eigenvalue weighted by atomic mass is 35.5. The van der Waals surface area contributed by atoms with Crippen molar-refractivity contribution >= 4 is 23.2 Å². The quantitative estimate of drug-likeness (QED) is 0.514. The van der Waals surface area contributed by atoms with E-state index in [0.717, 1.165) is 27.8 Å². The summed E-state index contributed by atoms with van der Waals surface area (Å²) in [5.41, 5.74) is 3.88. The third-order valence-corrected chi connectivity index (χ3v) is 5.35. The van der Waals surface area contributed by atoms with Crippen LogP contribution in [0.4, 0.5) is 0 Å². The van der Waals surface area contributed by atoms with Gasteiger partial charge in [-0.05, 0) is 63.6 Å². The van der Waals surface area contributed by atoms with Crippen molar-refractivity contribution in [3.05, 3.63) is 105 Å².